The molecule has 0 radical (unpaired) electrons. The molecule has 4 rings (SSSR count). The second-order valence-corrected chi connectivity index (χ2v) is 8.74. The lowest BCUT2D eigenvalue weighted by Gasteiger charge is -2.46. The highest BCUT2D eigenvalue weighted by molar-refractivity contribution is 9.10. The zero-order chi connectivity index (χ0) is 15.5. The van der Waals surface area contributed by atoms with Crippen LogP contribution in [0.15, 0.2) is 34.6 Å². The lowest BCUT2D eigenvalue weighted by atomic mass is 9.78. The van der Waals surface area contributed by atoms with Crippen molar-refractivity contribution in [1.82, 2.24) is 0 Å². The maximum Gasteiger partial charge on any atom is 0.161 e. The molecule has 0 saturated heterocycles. The maximum atomic E-state index is 6.22. The van der Waals surface area contributed by atoms with E-state index in [1.165, 1.54) is 22.3 Å². The number of aryl methyl sites for hydroxylation is 1. The molecule has 1 aromatic rings. The number of allylic oxidation sites excluding steroid dienone is 2. The van der Waals surface area contributed by atoms with E-state index in [4.69, 9.17) is 9.47 Å². The topological polar surface area (TPSA) is 18.5 Å². The van der Waals surface area contributed by atoms with Crippen LogP contribution < -0.4 is 4.74 Å². The van der Waals surface area contributed by atoms with E-state index in [-0.39, 0.29) is 4.32 Å². The van der Waals surface area contributed by atoms with Gasteiger partial charge in [0.2, 0.25) is 0 Å². The Labute approximate surface area is 144 Å². The molecular formula is C18H19BrO2S. The van der Waals surface area contributed by atoms with Crippen molar-refractivity contribution in [2.75, 3.05) is 12.4 Å². The first-order chi connectivity index (χ1) is 10.5. The number of fused-ring (bicyclic) bond motifs is 4. The predicted molar refractivity (Wildman–Crippen MR) is 94.8 cm³/mol. The van der Waals surface area contributed by atoms with Crippen molar-refractivity contribution in [3.05, 3.63) is 51.3 Å². The van der Waals surface area contributed by atoms with Crippen LogP contribution in [0.3, 0.4) is 0 Å². The van der Waals surface area contributed by atoms with Gasteiger partial charge in [-0.15, -0.1) is 0 Å². The number of hydrogen-bond donors (Lipinski definition) is 0. The third-order valence-electron chi connectivity index (χ3n) is 5.04. The minimum absolute atomic E-state index is 0.139. The molecular weight excluding hydrogens is 360 g/mol. The van der Waals surface area contributed by atoms with E-state index in [1.807, 2.05) is 18.7 Å². The van der Waals surface area contributed by atoms with Crippen LogP contribution in [0.1, 0.15) is 36.0 Å². The Hall–Kier alpha value is -0.870. The van der Waals surface area contributed by atoms with E-state index < -0.39 is 0 Å². The maximum absolute atomic E-state index is 6.22. The van der Waals surface area contributed by atoms with Crippen molar-refractivity contribution in [3.8, 4) is 5.75 Å². The van der Waals surface area contributed by atoms with Gasteiger partial charge in [0.15, 0.2) is 5.09 Å². The lowest BCUT2D eigenvalue weighted by Crippen LogP contribution is -2.45. The zero-order valence-corrected chi connectivity index (χ0v) is 15.4. The first-order valence-electron chi connectivity index (χ1n) is 7.63. The highest BCUT2D eigenvalue weighted by Gasteiger charge is 2.50. The molecule has 0 fully saturated rings. The normalized spacial score (nSPS) is 29.6. The second-order valence-electron chi connectivity index (χ2n) is 6.33. The fraction of sp³-hybridized carbons (Fsp3) is 0.444. The first kappa shape index (κ1) is 14.7. The van der Waals surface area contributed by atoms with Crippen LogP contribution in [-0.2, 0) is 4.74 Å². The van der Waals surface area contributed by atoms with E-state index >= 15 is 0 Å². The number of benzene rings is 1. The van der Waals surface area contributed by atoms with Gasteiger partial charge in [0.05, 0.1) is 10.1 Å². The largest absolute Gasteiger partial charge is 0.491 e. The number of halogens is 1. The van der Waals surface area contributed by atoms with E-state index in [2.05, 4.69) is 48.0 Å². The van der Waals surface area contributed by atoms with E-state index in [0.29, 0.717) is 12.5 Å². The third kappa shape index (κ3) is 2.00. The second kappa shape index (κ2) is 5.07. The van der Waals surface area contributed by atoms with Crippen LogP contribution in [0.4, 0.5) is 0 Å². The van der Waals surface area contributed by atoms with Gasteiger partial charge in [-0.1, -0.05) is 39.8 Å². The molecule has 3 heterocycles. The lowest BCUT2D eigenvalue weighted by molar-refractivity contribution is 0.230. The molecule has 0 spiro atoms. The van der Waals surface area contributed by atoms with Crippen LogP contribution in [0.2, 0.25) is 0 Å². The molecule has 116 valence electrons. The summed E-state index contributed by atoms with van der Waals surface area (Å²) in [5.41, 5.74) is 5.23. The van der Waals surface area contributed by atoms with Gasteiger partial charge in [-0.25, -0.2) is 0 Å². The molecule has 2 nitrogen and oxygen atoms in total. The standard InChI is InChI=1S/C18H19BrO2S/c1-10-4-6-13-15-8-22-17-14(7-5-11(2)21-17)18(15,19)9-20-16(13)12(10)3/h4-6,15H,7-9H2,1-3H3/t15-,18+/m0/s1. The van der Waals surface area contributed by atoms with Gasteiger partial charge in [-0.3, -0.25) is 0 Å². The first-order valence-corrected chi connectivity index (χ1v) is 9.41. The summed E-state index contributed by atoms with van der Waals surface area (Å²) in [6.07, 6.45) is 3.11. The molecule has 0 N–H and O–H groups in total. The molecule has 1 aromatic carbocycles. The average molecular weight is 379 g/mol. The average Bonchev–Trinajstić information content (AvgIpc) is 2.49. The summed E-state index contributed by atoms with van der Waals surface area (Å²) in [7, 11) is 0. The van der Waals surface area contributed by atoms with Crippen molar-refractivity contribution in [3.63, 3.8) is 0 Å². The van der Waals surface area contributed by atoms with Crippen molar-refractivity contribution in [1.29, 1.82) is 0 Å². The number of hydrogen-bond acceptors (Lipinski definition) is 3. The molecule has 0 bridgehead atoms. The van der Waals surface area contributed by atoms with Crippen LogP contribution >= 0.6 is 27.7 Å². The molecule has 3 aliphatic rings. The summed E-state index contributed by atoms with van der Waals surface area (Å²) >= 11 is 5.88. The summed E-state index contributed by atoms with van der Waals surface area (Å²) in [6, 6.07) is 4.46. The van der Waals surface area contributed by atoms with Crippen molar-refractivity contribution in [2.24, 2.45) is 0 Å². The predicted octanol–water partition coefficient (Wildman–Crippen LogP) is 5.20. The van der Waals surface area contributed by atoms with Crippen LogP contribution in [-0.4, -0.2) is 16.7 Å². The SMILES string of the molecule is CC1=CCC2=C(O1)SC[C@H]1c3ccc(C)c(C)c3OC[C@@]21Br. The monoisotopic (exact) mass is 378 g/mol. The molecule has 22 heavy (non-hydrogen) atoms. The van der Waals surface area contributed by atoms with Crippen LogP contribution in [0, 0.1) is 13.8 Å². The fourth-order valence-electron chi connectivity index (χ4n) is 3.51. The zero-order valence-electron chi connectivity index (χ0n) is 13.0. The van der Waals surface area contributed by atoms with E-state index in [1.54, 1.807) is 0 Å². The van der Waals surface area contributed by atoms with E-state index in [9.17, 15) is 0 Å². The summed E-state index contributed by atoms with van der Waals surface area (Å²) in [6.45, 7) is 7.00. The van der Waals surface area contributed by atoms with Crippen molar-refractivity contribution in [2.45, 2.75) is 37.4 Å². The van der Waals surface area contributed by atoms with Gasteiger partial charge in [0, 0.05) is 22.8 Å². The number of rotatable bonds is 0. The minimum Gasteiger partial charge on any atom is -0.491 e. The summed E-state index contributed by atoms with van der Waals surface area (Å²) < 4.78 is 12.0. The van der Waals surface area contributed by atoms with Crippen molar-refractivity contribution >= 4 is 27.7 Å². The molecule has 3 aliphatic heterocycles. The van der Waals surface area contributed by atoms with Crippen LogP contribution in [0.5, 0.6) is 5.75 Å². The molecule has 2 atom stereocenters. The minimum atomic E-state index is -0.139. The number of thioether (sulfide) groups is 1. The Balaban J connectivity index is 1.81. The highest BCUT2D eigenvalue weighted by Crippen LogP contribution is 2.57. The van der Waals surface area contributed by atoms with Gasteiger partial charge < -0.3 is 9.47 Å². The Morgan fingerprint density at radius 1 is 1.27 bits per heavy atom. The number of alkyl halides is 1. The van der Waals surface area contributed by atoms with Gasteiger partial charge in [-0.05, 0) is 44.4 Å². The molecule has 0 amide bonds. The summed E-state index contributed by atoms with van der Waals surface area (Å²) in [5, 5.41) is 1.07. The Morgan fingerprint density at radius 3 is 2.91 bits per heavy atom. The smallest absolute Gasteiger partial charge is 0.161 e. The third-order valence-corrected chi connectivity index (χ3v) is 7.39. The van der Waals surface area contributed by atoms with Gasteiger partial charge in [0.1, 0.15) is 12.4 Å². The molecule has 4 heteroatoms. The van der Waals surface area contributed by atoms with Crippen molar-refractivity contribution < 1.29 is 9.47 Å². The highest BCUT2D eigenvalue weighted by atomic mass is 79.9. The van der Waals surface area contributed by atoms with Gasteiger partial charge in [-0.2, -0.15) is 0 Å². The van der Waals surface area contributed by atoms with Gasteiger partial charge >= 0.3 is 0 Å². The Morgan fingerprint density at radius 2 is 2.09 bits per heavy atom. The summed E-state index contributed by atoms with van der Waals surface area (Å²) in [5.74, 6) is 3.54. The molecule has 0 aliphatic carbocycles. The molecule has 0 unspecified atom stereocenters. The molecule has 0 saturated carbocycles. The molecule has 0 aromatic heterocycles. The Kier molecular flexibility index (Phi) is 3.39. The fourth-order valence-corrected chi connectivity index (χ4v) is 6.14. The number of ether oxygens (including phenoxy) is 2. The quantitative estimate of drug-likeness (QED) is 0.578. The van der Waals surface area contributed by atoms with Gasteiger partial charge in [0.25, 0.3) is 0 Å². The summed E-state index contributed by atoms with van der Waals surface area (Å²) in [4.78, 5) is 0. The Bertz CT molecular complexity index is 722. The van der Waals surface area contributed by atoms with Crippen LogP contribution in [0.25, 0.3) is 0 Å². The van der Waals surface area contributed by atoms with E-state index in [0.717, 1.165) is 28.8 Å².